The monoisotopic (exact) mass is 564 g/mol. The van der Waals surface area contributed by atoms with Crippen LogP contribution in [0.3, 0.4) is 0 Å². The normalized spacial score (nSPS) is 11.3. The van der Waals surface area contributed by atoms with Gasteiger partial charge in [0.2, 0.25) is 0 Å². The molecule has 0 aliphatic rings. The van der Waals surface area contributed by atoms with E-state index in [0.29, 0.717) is 0 Å². The molecule has 0 radical (unpaired) electrons. The Bertz CT molecular complexity index is 840. The van der Waals surface area contributed by atoms with Gasteiger partial charge in [-0.2, -0.15) is 0 Å². The fourth-order valence-electron chi connectivity index (χ4n) is 6.13. The Hall–Kier alpha value is -1.62. The SMILES string of the molecule is Cl.PCCCCCCCCCCCCCCCC(Cc1ccccc1)(Cc1ccccc1)Cc1ccccc1. The van der Waals surface area contributed by atoms with Crippen LogP contribution in [-0.2, 0) is 19.3 Å². The molecular formula is C37H54ClP. The fourth-order valence-corrected chi connectivity index (χ4v) is 6.42. The van der Waals surface area contributed by atoms with E-state index in [2.05, 4.69) is 100 Å². The topological polar surface area (TPSA) is 0 Å². The fraction of sp³-hybridized carbons (Fsp3) is 0.514. The van der Waals surface area contributed by atoms with Gasteiger partial charge in [-0.3, -0.25) is 0 Å². The second kappa shape index (κ2) is 21.2. The van der Waals surface area contributed by atoms with E-state index in [-0.39, 0.29) is 17.8 Å². The van der Waals surface area contributed by atoms with Crippen molar-refractivity contribution in [1.82, 2.24) is 0 Å². The molecule has 0 aliphatic heterocycles. The third-order valence-corrected chi connectivity index (χ3v) is 8.59. The smallest absolute Gasteiger partial charge is 0.0176 e. The van der Waals surface area contributed by atoms with Crippen molar-refractivity contribution in [1.29, 1.82) is 0 Å². The molecule has 0 aliphatic carbocycles. The average Bonchev–Trinajstić information content (AvgIpc) is 2.95. The van der Waals surface area contributed by atoms with Crippen molar-refractivity contribution < 1.29 is 0 Å². The van der Waals surface area contributed by atoms with Crippen molar-refractivity contribution >= 4 is 21.6 Å². The average molecular weight is 565 g/mol. The van der Waals surface area contributed by atoms with Gasteiger partial charge in [-0.25, -0.2) is 0 Å². The minimum atomic E-state index is 0. The van der Waals surface area contributed by atoms with Crippen LogP contribution in [0.4, 0.5) is 0 Å². The number of unbranched alkanes of at least 4 members (excludes halogenated alkanes) is 12. The van der Waals surface area contributed by atoms with Crippen molar-refractivity contribution in [2.45, 2.75) is 109 Å². The zero-order valence-electron chi connectivity index (χ0n) is 24.4. The van der Waals surface area contributed by atoms with Crippen LogP contribution in [0.2, 0.25) is 0 Å². The summed E-state index contributed by atoms with van der Waals surface area (Å²) < 4.78 is 0. The Balaban J connectivity index is 0.00000533. The molecule has 0 saturated carbocycles. The highest BCUT2D eigenvalue weighted by molar-refractivity contribution is 7.16. The summed E-state index contributed by atoms with van der Waals surface area (Å²) in [6.07, 6.45) is 24.4. The molecule has 3 rings (SSSR count). The van der Waals surface area contributed by atoms with E-state index in [1.807, 2.05) is 0 Å². The molecule has 0 fully saturated rings. The zero-order valence-corrected chi connectivity index (χ0v) is 26.3. The number of halogens is 1. The van der Waals surface area contributed by atoms with Gasteiger partial charge in [0.25, 0.3) is 0 Å². The minimum Gasteiger partial charge on any atom is -0.147 e. The van der Waals surface area contributed by atoms with Gasteiger partial charge in [-0.15, -0.1) is 21.6 Å². The molecule has 3 aromatic carbocycles. The summed E-state index contributed by atoms with van der Waals surface area (Å²) in [4.78, 5) is 0. The molecule has 39 heavy (non-hydrogen) atoms. The Labute approximate surface area is 249 Å². The van der Waals surface area contributed by atoms with Crippen molar-refractivity contribution in [3.63, 3.8) is 0 Å². The summed E-state index contributed by atoms with van der Waals surface area (Å²) >= 11 is 0. The maximum atomic E-state index is 2.85. The van der Waals surface area contributed by atoms with Gasteiger partial charge in [0.15, 0.2) is 0 Å². The second-order valence-corrected chi connectivity index (χ2v) is 12.2. The highest BCUT2D eigenvalue weighted by Gasteiger charge is 2.30. The van der Waals surface area contributed by atoms with Crippen LogP contribution in [0.15, 0.2) is 91.0 Å². The minimum absolute atomic E-state index is 0. The Kier molecular flexibility index (Phi) is 18.2. The van der Waals surface area contributed by atoms with Gasteiger partial charge < -0.3 is 0 Å². The van der Waals surface area contributed by atoms with Crippen LogP contribution in [-0.4, -0.2) is 6.16 Å². The molecule has 0 nitrogen and oxygen atoms in total. The summed E-state index contributed by atoms with van der Waals surface area (Å²) in [6.45, 7) is 0. The maximum Gasteiger partial charge on any atom is -0.0176 e. The van der Waals surface area contributed by atoms with Gasteiger partial charge in [0, 0.05) is 0 Å². The lowest BCUT2D eigenvalue weighted by Gasteiger charge is -2.35. The zero-order chi connectivity index (χ0) is 26.6. The van der Waals surface area contributed by atoms with Gasteiger partial charge in [0.1, 0.15) is 0 Å². The van der Waals surface area contributed by atoms with E-state index < -0.39 is 0 Å². The summed E-state index contributed by atoms with van der Waals surface area (Å²) in [7, 11) is 2.85. The first-order valence-corrected chi connectivity index (χ1v) is 16.4. The van der Waals surface area contributed by atoms with Crippen LogP contribution < -0.4 is 0 Å². The summed E-state index contributed by atoms with van der Waals surface area (Å²) in [5.41, 5.74) is 4.68. The predicted octanol–water partition coefficient (Wildman–Crippen LogP) is 11.5. The second-order valence-electron chi connectivity index (χ2n) is 11.6. The van der Waals surface area contributed by atoms with E-state index in [1.54, 1.807) is 0 Å². The standard InChI is InChI=1S/C37H53P.ClH/c38-30-22-11-9-7-5-3-1-2-4-6-8-10-21-29-37(31-34-23-15-12-16-24-34,32-35-25-17-13-18-26-35)33-36-27-19-14-20-28-36;/h12-20,23-28H,1-11,21-22,29-33,38H2;1H. The molecule has 0 heterocycles. The number of hydrogen-bond donors (Lipinski definition) is 0. The molecule has 0 N–H and O–H groups in total. The molecule has 0 bridgehead atoms. The molecular weight excluding hydrogens is 511 g/mol. The van der Waals surface area contributed by atoms with Crippen molar-refractivity contribution in [2.24, 2.45) is 5.41 Å². The predicted molar refractivity (Wildman–Crippen MR) is 179 cm³/mol. The van der Waals surface area contributed by atoms with Gasteiger partial charge in [-0.1, -0.05) is 168 Å². The first-order chi connectivity index (χ1) is 18.8. The van der Waals surface area contributed by atoms with E-state index in [0.717, 1.165) is 19.3 Å². The molecule has 2 heteroatoms. The summed E-state index contributed by atoms with van der Waals surface area (Å²) in [5.74, 6) is 0. The van der Waals surface area contributed by atoms with E-state index in [9.17, 15) is 0 Å². The highest BCUT2D eigenvalue weighted by Crippen LogP contribution is 2.37. The van der Waals surface area contributed by atoms with Gasteiger partial charge in [0.05, 0.1) is 0 Å². The number of hydrogen-bond acceptors (Lipinski definition) is 0. The Morgan fingerprint density at radius 1 is 0.385 bits per heavy atom. The lowest BCUT2D eigenvalue weighted by Crippen LogP contribution is -2.30. The number of rotatable bonds is 21. The summed E-state index contributed by atoms with van der Waals surface area (Å²) in [5, 5.41) is 0. The van der Waals surface area contributed by atoms with Crippen molar-refractivity contribution in [2.75, 3.05) is 6.16 Å². The van der Waals surface area contributed by atoms with Crippen LogP contribution >= 0.6 is 21.6 Å². The molecule has 0 spiro atoms. The molecule has 0 saturated heterocycles. The number of benzene rings is 3. The lowest BCUT2D eigenvalue weighted by molar-refractivity contribution is 0.243. The molecule has 1 atom stereocenters. The Morgan fingerprint density at radius 2 is 0.667 bits per heavy atom. The van der Waals surface area contributed by atoms with E-state index in [4.69, 9.17) is 0 Å². The molecule has 3 aromatic rings. The van der Waals surface area contributed by atoms with E-state index >= 15 is 0 Å². The van der Waals surface area contributed by atoms with Crippen LogP contribution in [0.25, 0.3) is 0 Å². The van der Waals surface area contributed by atoms with Gasteiger partial charge in [-0.05, 0) is 60.4 Å². The third kappa shape index (κ3) is 14.5. The first-order valence-electron chi connectivity index (χ1n) is 15.6. The molecule has 1 unspecified atom stereocenters. The lowest BCUT2D eigenvalue weighted by atomic mass is 9.69. The van der Waals surface area contributed by atoms with Gasteiger partial charge >= 0.3 is 0 Å². The Morgan fingerprint density at radius 3 is 0.974 bits per heavy atom. The first kappa shape index (κ1) is 33.6. The van der Waals surface area contributed by atoms with Crippen molar-refractivity contribution in [3.05, 3.63) is 108 Å². The molecule has 0 aromatic heterocycles. The van der Waals surface area contributed by atoms with E-state index in [1.165, 1.54) is 113 Å². The largest absolute Gasteiger partial charge is 0.147 e. The molecule has 0 amide bonds. The third-order valence-electron chi connectivity index (χ3n) is 8.18. The van der Waals surface area contributed by atoms with Crippen LogP contribution in [0, 0.1) is 5.41 Å². The van der Waals surface area contributed by atoms with Crippen molar-refractivity contribution in [3.8, 4) is 0 Å². The summed E-state index contributed by atoms with van der Waals surface area (Å²) in [6, 6.07) is 33.6. The van der Waals surface area contributed by atoms with Crippen LogP contribution in [0.1, 0.15) is 107 Å². The quantitative estimate of drug-likeness (QED) is 0.0891. The maximum absolute atomic E-state index is 2.85. The van der Waals surface area contributed by atoms with Crippen LogP contribution in [0.5, 0.6) is 0 Å². The molecule has 214 valence electrons. The highest BCUT2D eigenvalue weighted by atomic mass is 35.5.